The number of carboxylic acids is 1. The van der Waals surface area contributed by atoms with Crippen LogP contribution in [0.4, 0.5) is 0 Å². The van der Waals surface area contributed by atoms with Crippen molar-refractivity contribution in [3.05, 3.63) is 78.4 Å². The van der Waals surface area contributed by atoms with Crippen molar-refractivity contribution >= 4 is 34.7 Å². The van der Waals surface area contributed by atoms with Gasteiger partial charge in [0.05, 0.1) is 11.5 Å². The summed E-state index contributed by atoms with van der Waals surface area (Å²) in [6.45, 7) is 3.71. The van der Waals surface area contributed by atoms with Gasteiger partial charge in [0.1, 0.15) is 6.04 Å². The number of carboxylic acid groups (broad SMARTS) is 1. The summed E-state index contributed by atoms with van der Waals surface area (Å²) in [5, 5.41) is 13.9. The molecule has 0 heterocycles. The molecule has 0 aromatic heterocycles. The first-order chi connectivity index (χ1) is 14.8. The zero-order valence-corrected chi connectivity index (χ0v) is 17.9. The van der Waals surface area contributed by atoms with Crippen LogP contribution in [0.25, 0.3) is 0 Å². The Morgan fingerprint density at radius 3 is 2.29 bits per heavy atom. The van der Waals surface area contributed by atoms with Crippen LogP contribution in [0.15, 0.2) is 72.1 Å². The molecular weight excluding hydrogens is 416 g/mol. The lowest BCUT2D eigenvalue weighted by Crippen LogP contribution is -2.48. The number of hydrogen-bond donors (Lipinski definition) is 3. The van der Waals surface area contributed by atoms with E-state index >= 15 is 0 Å². The number of thioether (sulfide) groups is 1. The van der Waals surface area contributed by atoms with Gasteiger partial charge in [-0.2, -0.15) is 0 Å². The van der Waals surface area contributed by atoms with Crippen LogP contribution < -0.4 is 10.6 Å². The first kappa shape index (κ1) is 23.9. The van der Waals surface area contributed by atoms with Crippen molar-refractivity contribution in [2.24, 2.45) is 5.92 Å². The fourth-order valence-electron chi connectivity index (χ4n) is 2.88. The van der Waals surface area contributed by atoms with Gasteiger partial charge in [-0.1, -0.05) is 60.3 Å². The third-order valence-corrected chi connectivity index (χ3v) is 5.48. The average Bonchev–Trinajstić information content (AvgIpc) is 2.77. The number of benzene rings is 2. The molecular formula is C23H24N2O5S. The average molecular weight is 441 g/mol. The van der Waals surface area contributed by atoms with E-state index in [2.05, 4.69) is 17.2 Å². The summed E-state index contributed by atoms with van der Waals surface area (Å²) in [5.41, 5.74) is 0.937. The van der Waals surface area contributed by atoms with Crippen molar-refractivity contribution in [3.8, 4) is 0 Å². The summed E-state index contributed by atoms with van der Waals surface area (Å²) < 4.78 is 0. The molecule has 0 aliphatic rings. The fraction of sp³-hybridized carbons (Fsp3) is 0.217. The molecule has 2 aromatic carbocycles. The van der Waals surface area contributed by atoms with Crippen LogP contribution in [-0.4, -0.2) is 41.1 Å². The molecule has 0 aliphatic heterocycles. The number of aromatic carboxylic acids is 1. The Kier molecular flexibility index (Phi) is 9.02. The number of likely N-dealkylation sites (N-methyl/N-ethyl adjacent to an activating group) is 1. The predicted molar refractivity (Wildman–Crippen MR) is 119 cm³/mol. The quantitative estimate of drug-likeness (QED) is 0.387. The maximum Gasteiger partial charge on any atom is 0.336 e. The Balaban J connectivity index is 2.08. The molecule has 7 nitrogen and oxygen atoms in total. The van der Waals surface area contributed by atoms with E-state index in [0.29, 0.717) is 6.42 Å². The summed E-state index contributed by atoms with van der Waals surface area (Å²) in [6.07, 6.45) is 1.62. The summed E-state index contributed by atoms with van der Waals surface area (Å²) in [7, 11) is 1.41. The molecule has 0 spiro atoms. The lowest BCUT2D eigenvalue weighted by molar-refractivity contribution is -0.131. The van der Waals surface area contributed by atoms with Crippen molar-refractivity contribution in [3.63, 3.8) is 0 Å². The van der Waals surface area contributed by atoms with E-state index in [-0.39, 0.29) is 16.9 Å². The number of hydrogen-bond acceptors (Lipinski definition) is 5. The smallest absolute Gasteiger partial charge is 0.336 e. The van der Waals surface area contributed by atoms with Crippen LogP contribution in [0, 0.1) is 5.92 Å². The van der Waals surface area contributed by atoms with Crippen LogP contribution in [0.1, 0.15) is 22.3 Å². The molecule has 0 aliphatic carbocycles. The zero-order valence-electron chi connectivity index (χ0n) is 17.0. The molecule has 2 rings (SSSR count). The highest BCUT2D eigenvalue weighted by Gasteiger charge is 2.27. The van der Waals surface area contributed by atoms with Crippen molar-refractivity contribution in [1.82, 2.24) is 10.6 Å². The number of carbonyl (C=O) groups excluding carboxylic acids is 3. The largest absolute Gasteiger partial charge is 0.478 e. The van der Waals surface area contributed by atoms with Crippen LogP contribution >= 0.6 is 11.8 Å². The number of amides is 2. The van der Waals surface area contributed by atoms with E-state index in [1.165, 1.54) is 25.3 Å². The maximum absolute atomic E-state index is 12.7. The zero-order chi connectivity index (χ0) is 22.8. The predicted octanol–water partition coefficient (Wildman–Crippen LogP) is 2.67. The van der Waals surface area contributed by atoms with E-state index in [1.807, 2.05) is 30.3 Å². The Hall–Kier alpha value is -3.39. The topological polar surface area (TPSA) is 113 Å². The van der Waals surface area contributed by atoms with Gasteiger partial charge in [-0.05, 0) is 24.1 Å². The van der Waals surface area contributed by atoms with Crippen LogP contribution in [-0.2, 0) is 20.8 Å². The van der Waals surface area contributed by atoms with Crippen molar-refractivity contribution < 1.29 is 24.3 Å². The van der Waals surface area contributed by atoms with Crippen LogP contribution in [0.2, 0.25) is 0 Å². The fourth-order valence-corrected chi connectivity index (χ4v) is 3.78. The molecule has 0 saturated heterocycles. The van der Waals surface area contributed by atoms with Gasteiger partial charge in [-0.25, -0.2) is 4.79 Å². The van der Waals surface area contributed by atoms with Gasteiger partial charge >= 0.3 is 5.97 Å². The first-order valence-corrected chi connectivity index (χ1v) is 10.4. The SMILES string of the molecule is C=CC(Cc1ccccc1)C(=O)N[C@@H](CC(=O)Sc1ccccc1C(=O)O)C(=O)NC. The second-order valence-corrected chi connectivity index (χ2v) is 7.79. The number of nitrogens with one attached hydrogen (secondary N) is 2. The highest BCUT2D eigenvalue weighted by molar-refractivity contribution is 8.13. The van der Waals surface area contributed by atoms with Gasteiger partial charge in [0.15, 0.2) is 5.12 Å². The van der Waals surface area contributed by atoms with E-state index in [1.54, 1.807) is 12.1 Å². The summed E-state index contributed by atoms with van der Waals surface area (Å²) >= 11 is 0.727. The van der Waals surface area contributed by atoms with Gasteiger partial charge < -0.3 is 15.7 Å². The first-order valence-electron chi connectivity index (χ1n) is 9.57. The normalized spacial score (nSPS) is 12.3. The van der Waals surface area contributed by atoms with E-state index in [9.17, 15) is 24.3 Å². The third kappa shape index (κ3) is 7.11. The van der Waals surface area contributed by atoms with E-state index < -0.39 is 34.9 Å². The van der Waals surface area contributed by atoms with Gasteiger partial charge in [0.25, 0.3) is 0 Å². The molecule has 31 heavy (non-hydrogen) atoms. The third-order valence-electron chi connectivity index (χ3n) is 4.51. The minimum atomic E-state index is -1.15. The summed E-state index contributed by atoms with van der Waals surface area (Å²) in [5.74, 6) is -2.67. The minimum Gasteiger partial charge on any atom is -0.478 e. The molecule has 0 radical (unpaired) electrons. The molecule has 2 atom stereocenters. The Morgan fingerprint density at radius 1 is 1.03 bits per heavy atom. The Labute approximate surface area is 184 Å². The maximum atomic E-state index is 12.7. The van der Waals surface area contributed by atoms with Crippen molar-refractivity contribution in [2.45, 2.75) is 23.8 Å². The van der Waals surface area contributed by atoms with Crippen molar-refractivity contribution in [1.29, 1.82) is 0 Å². The standard InChI is InChI=1S/C23H24N2O5S/c1-3-16(13-15-9-5-4-6-10-15)21(27)25-18(22(28)24-2)14-20(26)31-19-12-8-7-11-17(19)23(29)30/h3-12,16,18H,1,13-14H2,2H3,(H,24,28)(H,25,27)(H,29,30)/t16?,18-/m0/s1. The van der Waals surface area contributed by atoms with Crippen molar-refractivity contribution in [2.75, 3.05) is 7.05 Å². The lowest BCUT2D eigenvalue weighted by Gasteiger charge is -2.20. The van der Waals surface area contributed by atoms with E-state index in [4.69, 9.17) is 0 Å². The molecule has 0 saturated carbocycles. The molecule has 1 unspecified atom stereocenters. The van der Waals surface area contributed by atoms with Gasteiger partial charge in [-0.15, -0.1) is 6.58 Å². The van der Waals surface area contributed by atoms with Gasteiger partial charge in [-0.3, -0.25) is 14.4 Å². The molecule has 0 bridgehead atoms. The van der Waals surface area contributed by atoms with Gasteiger partial charge in [0.2, 0.25) is 11.8 Å². The Bertz CT molecular complexity index is 961. The molecule has 162 valence electrons. The lowest BCUT2D eigenvalue weighted by atomic mass is 9.98. The minimum absolute atomic E-state index is 0.00374. The highest BCUT2D eigenvalue weighted by Crippen LogP contribution is 2.25. The molecule has 8 heteroatoms. The molecule has 2 amide bonds. The van der Waals surface area contributed by atoms with Gasteiger partial charge in [0, 0.05) is 18.4 Å². The molecule has 2 aromatic rings. The number of carbonyl (C=O) groups is 4. The molecule has 3 N–H and O–H groups in total. The Morgan fingerprint density at radius 2 is 1.68 bits per heavy atom. The van der Waals surface area contributed by atoms with E-state index in [0.717, 1.165) is 17.3 Å². The van der Waals surface area contributed by atoms with Crippen LogP contribution in [0.5, 0.6) is 0 Å². The van der Waals surface area contributed by atoms with Crippen LogP contribution in [0.3, 0.4) is 0 Å². The number of rotatable bonds is 10. The molecule has 0 fully saturated rings. The summed E-state index contributed by atoms with van der Waals surface area (Å²) in [4.78, 5) is 49.2. The monoisotopic (exact) mass is 440 g/mol. The second-order valence-electron chi connectivity index (χ2n) is 6.69. The summed E-state index contributed by atoms with van der Waals surface area (Å²) in [6, 6.07) is 14.4. The highest BCUT2D eigenvalue weighted by atomic mass is 32.2. The second kappa shape index (κ2) is 11.7.